The fraction of sp³-hybridized carbons (Fsp3) is 0. The van der Waals surface area contributed by atoms with Crippen LogP contribution in [-0.2, 0) is 0 Å². The van der Waals surface area contributed by atoms with Gasteiger partial charge in [-0.3, -0.25) is 0 Å². The van der Waals surface area contributed by atoms with E-state index in [4.69, 9.17) is 19.4 Å². The lowest BCUT2D eigenvalue weighted by atomic mass is 9.96. The Hall–Kier alpha value is -6.65. The van der Waals surface area contributed by atoms with Crippen LogP contribution >= 0.6 is 0 Å². The van der Waals surface area contributed by atoms with E-state index in [-0.39, 0.29) is 0 Å². The van der Waals surface area contributed by atoms with Crippen LogP contribution in [0.3, 0.4) is 0 Å². The molecule has 0 aliphatic heterocycles. The molecule has 49 heavy (non-hydrogen) atoms. The molecule has 0 atom stereocenters. The highest BCUT2D eigenvalue weighted by Gasteiger charge is 2.21. The van der Waals surface area contributed by atoms with E-state index in [9.17, 15) is 0 Å². The minimum atomic E-state index is 0.562. The summed E-state index contributed by atoms with van der Waals surface area (Å²) in [4.78, 5) is 15.6. The van der Waals surface area contributed by atoms with Gasteiger partial charge >= 0.3 is 0 Å². The molecule has 0 radical (unpaired) electrons. The normalized spacial score (nSPS) is 11.7. The van der Waals surface area contributed by atoms with Crippen molar-refractivity contribution in [2.75, 3.05) is 0 Å². The van der Waals surface area contributed by atoms with Gasteiger partial charge < -0.3 is 4.42 Å². The Morgan fingerprint density at radius 3 is 1.65 bits per heavy atom. The minimum Gasteiger partial charge on any atom is -0.455 e. The Bertz CT molecular complexity index is 2880. The van der Waals surface area contributed by atoms with Crippen LogP contribution < -0.4 is 0 Å². The van der Waals surface area contributed by atoms with Gasteiger partial charge in [-0.2, -0.15) is 0 Å². The van der Waals surface area contributed by atoms with Gasteiger partial charge in [-0.25, -0.2) is 15.0 Å². The minimum absolute atomic E-state index is 0.562. The summed E-state index contributed by atoms with van der Waals surface area (Å²) < 4.78 is 6.76. The predicted octanol–water partition coefficient (Wildman–Crippen LogP) is 11.9. The fourth-order valence-electron chi connectivity index (χ4n) is 7.10. The van der Waals surface area contributed by atoms with E-state index in [1.807, 2.05) is 36.4 Å². The molecule has 0 fully saturated rings. The first-order valence-corrected chi connectivity index (χ1v) is 16.4. The highest BCUT2D eigenvalue weighted by molar-refractivity contribution is 6.15. The monoisotopic (exact) mass is 625 g/mol. The topological polar surface area (TPSA) is 51.8 Å². The molecule has 0 N–H and O–H groups in total. The molecule has 4 nitrogen and oxygen atoms in total. The van der Waals surface area contributed by atoms with Crippen molar-refractivity contribution in [1.29, 1.82) is 0 Å². The molecule has 2 heterocycles. The molecule has 2 aromatic heterocycles. The van der Waals surface area contributed by atoms with Crippen LogP contribution in [0, 0.1) is 0 Å². The molecule has 228 valence electrons. The number of nitrogens with zero attached hydrogens (tertiary/aromatic N) is 3. The standard InChI is InChI=1S/C45H27N3O/c1-3-13-28(14-4-1)33-25-38-37-23-30-17-7-8-18-31(30)27-41(37)49-42(38)40(26-33)45-47-43(29-15-5-2-6-16-29)46-44(48-45)39-24-32-19-9-10-20-34(32)35-21-11-12-22-36(35)39/h1-27H. The lowest BCUT2D eigenvalue weighted by Crippen LogP contribution is -2.01. The molecule has 0 spiro atoms. The number of hydrogen-bond acceptors (Lipinski definition) is 4. The predicted molar refractivity (Wildman–Crippen MR) is 201 cm³/mol. The zero-order valence-electron chi connectivity index (χ0n) is 26.3. The van der Waals surface area contributed by atoms with Gasteiger partial charge in [-0.05, 0) is 73.8 Å². The van der Waals surface area contributed by atoms with E-state index in [1.54, 1.807) is 0 Å². The first-order valence-electron chi connectivity index (χ1n) is 16.4. The average Bonchev–Trinajstić information content (AvgIpc) is 3.54. The number of furan rings is 1. The van der Waals surface area contributed by atoms with Crippen LogP contribution in [0.2, 0.25) is 0 Å². The van der Waals surface area contributed by atoms with Crippen molar-refractivity contribution in [1.82, 2.24) is 15.0 Å². The molecule has 0 aliphatic carbocycles. The average molecular weight is 626 g/mol. The van der Waals surface area contributed by atoms with Gasteiger partial charge in [0, 0.05) is 21.9 Å². The maximum absolute atomic E-state index is 6.76. The number of benzene rings is 8. The maximum Gasteiger partial charge on any atom is 0.167 e. The summed E-state index contributed by atoms with van der Waals surface area (Å²) in [5.74, 6) is 1.79. The summed E-state index contributed by atoms with van der Waals surface area (Å²) in [7, 11) is 0. The van der Waals surface area contributed by atoms with E-state index in [0.717, 1.165) is 71.3 Å². The number of rotatable bonds is 4. The summed E-state index contributed by atoms with van der Waals surface area (Å²) in [5, 5.41) is 8.98. The van der Waals surface area contributed by atoms with Crippen LogP contribution in [0.15, 0.2) is 168 Å². The molecule has 0 bridgehead atoms. The van der Waals surface area contributed by atoms with Gasteiger partial charge in [0.2, 0.25) is 0 Å². The third kappa shape index (κ3) is 4.57. The zero-order chi connectivity index (χ0) is 32.3. The SMILES string of the molecule is c1ccc(-c2cc(-c3nc(-c4ccccc4)nc(-c4cc5ccccc5c5ccccc45)n3)c3oc4cc5ccccc5cc4c3c2)cc1. The van der Waals surface area contributed by atoms with Gasteiger partial charge in [-0.15, -0.1) is 0 Å². The van der Waals surface area contributed by atoms with Crippen LogP contribution in [0.1, 0.15) is 0 Å². The van der Waals surface area contributed by atoms with Gasteiger partial charge in [-0.1, -0.05) is 133 Å². The zero-order valence-corrected chi connectivity index (χ0v) is 26.3. The second-order valence-electron chi connectivity index (χ2n) is 12.4. The van der Waals surface area contributed by atoms with Crippen molar-refractivity contribution in [3.8, 4) is 45.3 Å². The number of fused-ring (bicyclic) bond motifs is 7. The van der Waals surface area contributed by atoms with Crippen LogP contribution in [-0.4, -0.2) is 15.0 Å². The van der Waals surface area contributed by atoms with Crippen molar-refractivity contribution in [2.24, 2.45) is 0 Å². The van der Waals surface area contributed by atoms with E-state index >= 15 is 0 Å². The van der Waals surface area contributed by atoms with Crippen LogP contribution in [0.25, 0.3) is 99.5 Å². The number of hydrogen-bond donors (Lipinski definition) is 0. The maximum atomic E-state index is 6.76. The number of aromatic nitrogens is 3. The highest BCUT2D eigenvalue weighted by Crippen LogP contribution is 2.41. The Labute approximate surface area is 282 Å². The summed E-state index contributed by atoms with van der Waals surface area (Å²) in [6.07, 6.45) is 0. The Morgan fingerprint density at radius 1 is 0.327 bits per heavy atom. The smallest absolute Gasteiger partial charge is 0.167 e. The summed E-state index contributed by atoms with van der Waals surface area (Å²) >= 11 is 0. The highest BCUT2D eigenvalue weighted by atomic mass is 16.3. The van der Waals surface area contributed by atoms with Gasteiger partial charge in [0.25, 0.3) is 0 Å². The lowest BCUT2D eigenvalue weighted by molar-refractivity contribution is 0.670. The van der Waals surface area contributed by atoms with Crippen molar-refractivity contribution >= 4 is 54.3 Å². The molecule has 10 rings (SSSR count). The second-order valence-corrected chi connectivity index (χ2v) is 12.4. The molecule has 10 aromatic rings. The van der Waals surface area contributed by atoms with E-state index in [2.05, 4.69) is 127 Å². The molecule has 8 aromatic carbocycles. The van der Waals surface area contributed by atoms with Crippen LogP contribution in [0.5, 0.6) is 0 Å². The summed E-state index contributed by atoms with van der Waals surface area (Å²) in [6.45, 7) is 0. The quantitative estimate of drug-likeness (QED) is 0.183. The third-order valence-corrected chi connectivity index (χ3v) is 9.46. The van der Waals surface area contributed by atoms with Gasteiger partial charge in [0.05, 0.1) is 5.56 Å². The third-order valence-electron chi connectivity index (χ3n) is 9.46. The molecule has 0 saturated heterocycles. The van der Waals surface area contributed by atoms with Gasteiger partial charge in [0.15, 0.2) is 17.5 Å². The Kier molecular flexibility index (Phi) is 6.15. The largest absolute Gasteiger partial charge is 0.455 e. The van der Waals surface area contributed by atoms with E-state index in [1.165, 1.54) is 10.8 Å². The van der Waals surface area contributed by atoms with Crippen LogP contribution in [0.4, 0.5) is 0 Å². The molecule has 0 aliphatic rings. The van der Waals surface area contributed by atoms with Gasteiger partial charge in [0.1, 0.15) is 11.2 Å². The lowest BCUT2D eigenvalue weighted by Gasteiger charge is -2.13. The Morgan fingerprint density at radius 2 is 0.898 bits per heavy atom. The summed E-state index contributed by atoms with van der Waals surface area (Å²) in [6, 6.07) is 56.9. The first-order chi connectivity index (χ1) is 24.3. The van der Waals surface area contributed by atoms with Crippen molar-refractivity contribution in [3.05, 3.63) is 164 Å². The van der Waals surface area contributed by atoms with Crippen molar-refractivity contribution in [3.63, 3.8) is 0 Å². The van der Waals surface area contributed by atoms with Crippen molar-refractivity contribution < 1.29 is 4.42 Å². The Balaban J connectivity index is 1.31. The molecule has 4 heteroatoms. The fourth-order valence-corrected chi connectivity index (χ4v) is 7.10. The molecular weight excluding hydrogens is 599 g/mol. The molecule has 0 amide bonds. The summed E-state index contributed by atoms with van der Waals surface area (Å²) in [5.41, 5.74) is 6.47. The molecular formula is C45H27N3O. The van der Waals surface area contributed by atoms with E-state index in [0.29, 0.717) is 17.5 Å². The van der Waals surface area contributed by atoms with Crippen molar-refractivity contribution in [2.45, 2.75) is 0 Å². The molecule has 0 saturated carbocycles. The van der Waals surface area contributed by atoms with E-state index < -0.39 is 0 Å². The molecule has 0 unspecified atom stereocenters. The second kappa shape index (κ2) is 11.0. The first kappa shape index (κ1) is 27.5.